The Labute approximate surface area is 115 Å². The second-order valence-corrected chi connectivity index (χ2v) is 4.84. The van der Waals surface area contributed by atoms with Gasteiger partial charge in [0.1, 0.15) is 5.75 Å². The molecule has 0 spiro atoms. The number of methoxy groups -OCH3 is 1. The van der Waals surface area contributed by atoms with Crippen LogP contribution in [0.25, 0.3) is 0 Å². The van der Waals surface area contributed by atoms with Gasteiger partial charge in [-0.05, 0) is 50.1 Å². The SMILES string of the molecule is CNCC(=O)N(C)CCc1cc(C)c(C)cc1OC. The van der Waals surface area contributed by atoms with Crippen molar-refractivity contribution < 1.29 is 9.53 Å². The second kappa shape index (κ2) is 7.14. The summed E-state index contributed by atoms with van der Waals surface area (Å²) in [5, 5.41) is 2.87. The highest BCUT2D eigenvalue weighted by Gasteiger charge is 2.10. The van der Waals surface area contributed by atoms with Gasteiger partial charge in [-0.15, -0.1) is 0 Å². The van der Waals surface area contributed by atoms with E-state index in [1.807, 2.05) is 7.05 Å². The van der Waals surface area contributed by atoms with E-state index in [4.69, 9.17) is 4.74 Å². The Morgan fingerprint density at radius 1 is 1.32 bits per heavy atom. The summed E-state index contributed by atoms with van der Waals surface area (Å²) in [5.74, 6) is 1.00. The molecule has 0 saturated carbocycles. The normalized spacial score (nSPS) is 10.4. The molecule has 0 aliphatic heterocycles. The zero-order valence-corrected chi connectivity index (χ0v) is 12.5. The summed E-state index contributed by atoms with van der Waals surface area (Å²) in [6, 6.07) is 4.20. The fourth-order valence-corrected chi connectivity index (χ4v) is 1.93. The van der Waals surface area contributed by atoms with E-state index in [0.717, 1.165) is 17.7 Å². The van der Waals surface area contributed by atoms with Crippen LogP contribution in [0.2, 0.25) is 0 Å². The fourth-order valence-electron chi connectivity index (χ4n) is 1.93. The average Bonchev–Trinajstić information content (AvgIpc) is 2.39. The number of nitrogens with zero attached hydrogens (tertiary/aromatic N) is 1. The number of benzene rings is 1. The number of carbonyl (C=O) groups is 1. The number of ether oxygens (including phenoxy) is 1. The van der Waals surface area contributed by atoms with E-state index in [9.17, 15) is 4.79 Å². The average molecular weight is 264 g/mol. The number of likely N-dealkylation sites (N-methyl/N-ethyl adjacent to an activating group) is 2. The van der Waals surface area contributed by atoms with Crippen LogP contribution < -0.4 is 10.1 Å². The molecule has 1 N–H and O–H groups in total. The third-order valence-corrected chi connectivity index (χ3v) is 3.37. The molecule has 0 atom stereocenters. The lowest BCUT2D eigenvalue weighted by atomic mass is 10.0. The van der Waals surface area contributed by atoms with E-state index in [1.54, 1.807) is 19.1 Å². The van der Waals surface area contributed by atoms with E-state index < -0.39 is 0 Å². The van der Waals surface area contributed by atoms with Gasteiger partial charge >= 0.3 is 0 Å². The number of nitrogens with one attached hydrogen (secondary N) is 1. The third kappa shape index (κ3) is 4.24. The van der Waals surface area contributed by atoms with E-state index in [1.165, 1.54) is 11.1 Å². The highest BCUT2D eigenvalue weighted by molar-refractivity contribution is 5.77. The first-order valence-corrected chi connectivity index (χ1v) is 6.52. The van der Waals surface area contributed by atoms with Gasteiger partial charge in [-0.1, -0.05) is 6.07 Å². The maximum atomic E-state index is 11.7. The predicted octanol–water partition coefficient (Wildman–Crippen LogP) is 1.53. The molecule has 0 heterocycles. The van der Waals surface area contributed by atoms with Crippen molar-refractivity contribution in [2.45, 2.75) is 20.3 Å². The maximum absolute atomic E-state index is 11.7. The van der Waals surface area contributed by atoms with Crippen LogP contribution in [0.5, 0.6) is 5.75 Å². The lowest BCUT2D eigenvalue weighted by Crippen LogP contribution is -2.35. The Hall–Kier alpha value is -1.55. The van der Waals surface area contributed by atoms with Gasteiger partial charge in [-0.3, -0.25) is 4.79 Å². The Bertz CT molecular complexity index is 444. The first kappa shape index (κ1) is 15.5. The second-order valence-electron chi connectivity index (χ2n) is 4.84. The van der Waals surface area contributed by atoms with E-state index >= 15 is 0 Å². The molecule has 4 heteroatoms. The van der Waals surface area contributed by atoms with Crippen LogP contribution in [-0.4, -0.2) is 45.1 Å². The van der Waals surface area contributed by atoms with Crippen LogP contribution in [0.1, 0.15) is 16.7 Å². The zero-order chi connectivity index (χ0) is 14.4. The van der Waals surface area contributed by atoms with E-state index in [-0.39, 0.29) is 5.91 Å². The Morgan fingerprint density at radius 2 is 1.95 bits per heavy atom. The van der Waals surface area contributed by atoms with Crippen LogP contribution in [0, 0.1) is 13.8 Å². The van der Waals surface area contributed by atoms with Crippen molar-refractivity contribution in [2.75, 3.05) is 34.3 Å². The number of carbonyl (C=O) groups excluding carboxylic acids is 1. The van der Waals surface area contributed by atoms with Gasteiger partial charge in [-0.25, -0.2) is 0 Å². The van der Waals surface area contributed by atoms with Crippen molar-refractivity contribution in [3.05, 3.63) is 28.8 Å². The summed E-state index contributed by atoms with van der Waals surface area (Å²) < 4.78 is 5.41. The molecule has 1 aromatic carbocycles. The molecule has 0 saturated heterocycles. The molecule has 4 nitrogen and oxygen atoms in total. The van der Waals surface area contributed by atoms with E-state index in [2.05, 4.69) is 31.3 Å². The number of amides is 1. The summed E-state index contributed by atoms with van der Waals surface area (Å²) in [6.07, 6.45) is 0.802. The summed E-state index contributed by atoms with van der Waals surface area (Å²) in [6.45, 7) is 5.23. The fraction of sp³-hybridized carbons (Fsp3) is 0.533. The molecule has 0 aliphatic carbocycles. The highest BCUT2D eigenvalue weighted by atomic mass is 16.5. The molecule has 0 radical (unpaired) electrons. The molecule has 0 aliphatic rings. The van der Waals surface area contributed by atoms with Crippen molar-refractivity contribution >= 4 is 5.91 Å². The minimum atomic E-state index is 0.102. The molecule has 106 valence electrons. The minimum absolute atomic E-state index is 0.102. The van der Waals surface area contributed by atoms with Crippen molar-refractivity contribution in [3.63, 3.8) is 0 Å². The van der Waals surface area contributed by atoms with Crippen molar-refractivity contribution in [1.82, 2.24) is 10.2 Å². The first-order chi connectivity index (χ1) is 8.99. The summed E-state index contributed by atoms with van der Waals surface area (Å²) in [5.41, 5.74) is 3.62. The Kier molecular flexibility index (Phi) is 5.83. The van der Waals surface area contributed by atoms with Crippen LogP contribution in [0.4, 0.5) is 0 Å². The highest BCUT2D eigenvalue weighted by Crippen LogP contribution is 2.23. The topological polar surface area (TPSA) is 41.6 Å². The van der Waals surface area contributed by atoms with Gasteiger partial charge in [0.2, 0.25) is 5.91 Å². The monoisotopic (exact) mass is 264 g/mol. The molecule has 19 heavy (non-hydrogen) atoms. The molecule has 1 rings (SSSR count). The van der Waals surface area contributed by atoms with Crippen LogP contribution in [-0.2, 0) is 11.2 Å². The Morgan fingerprint density at radius 3 is 2.53 bits per heavy atom. The van der Waals surface area contributed by atoms with Crippen molar-refractivity contribution in [1.29, 1.82) is 0 Å². The van der Waals surface area contributed by atoms with E-state index in [0.29, 0.717) is 13.1 Å². The lowest BCUT2D eigenvalue weighted by Gasteiger charge is -2.18. The van der Waals surface area contributed by atoms with Gasteiger partial charge in [-0.2, -0.15) is 0 Å². The van der Waals surface area contributed by atoms with Crippen LogP contribution in [0.15, 0.2) is 12.1 Å². The smallest absolute Gasteiger partial charge is 0.236 e. The Balaban J connectivity index is 2.72. The lowest BCUT2D eigenvalue weighted by molar-refractivity contribution is -0.128. The minimum Gasteiger partial charge on any atom is -0.496 e. The quantitative estimate of drug-likeness (QED) is 0.847. The van der Waals surface area contributed by atoms with Gasteiger partial charge in [0, 0.05) is 13.6 Å². The molecular weight excluding hydrogens is 240 g/mol. The number of hydrogen-bond donors (Lipinski definition) is 1. The summed E-state index contributed by atoms with van der Waals surface area (Å²) in [4.78, 5) is 13.4. The molecule has 0 fully saturated rings. The van der Waals surface area contributed by atoms with Gasteiger partial charge < -0.3 is 15.0 Å². The van der Waals surface area contributed by atoms with Gasteiger partial charge in [0.05, 0.1) is 13.7 Å². The number of aryl methyl sites for hydroxylation is 2. The molecular formula is C15H24N2O2. The van der Waals surface area contributed by atoms with Crippen molar-refractivity contribution in [3.8, 4) is 5.75 Å². The maximum Gasteiger partial charge on any atom is 0.236 e. The van der Waals surface area contributed by atoms with Crippen LogP contribution >= 0.6 is 0 Å². The summed E-state index contributed by atoms with van der Waals surface area (Å²) in [7, 11) is 5.29. The summed E-state index contributed by atoms with van der Waals surface area (Å²) >= 11 is 0. The van der Waals surface area contributed by atoms with Crippen molar-refractivity contribution in [2.24, 2.45) is 0 Å². The largest absolute Gasteiger partial charge is 0.496 e. The van der Waals surface area contributed by atoms with Crippen LogP contribution in [0.3, 0.4) is 0 Å². The molecule has 1 amide bonds. The number of hydrogen-bond acceptors (Lipinski definition) is 3. The van der Waals surface area contributed by atoms with Gasteiger partial charge in [0.25, 0.3) is 0 Å². The predicted molar refractivity (Wildman–Crippen MR) is 77.7 cm³/mol. The molecule has 1 aromatic rings. The van der Waals surface area contributed by atoms with Gasteiger partial charge in [0.15, 0.2) is 0 Å². The zero-order valence-electron chi connectivity index (χ0n) is 12.5. The standard InChI is InChI=1S/C15H24N2O2/c1-11-8-13(14(19-5)9-12(11)2)6-7-17(4)15(18)10-16-3/h8-9,16H,6-7,10H2,1-5H3. The molecule has 0 aromatic heterocycles. The first-order valence-electron chi connectivity index (χ1n) is 6.52. The molecule has 0 bridgehead atoms. The third-order valence-electron chi connectivity index (χ3n) is 3.37. The molecule has 0 unspecified atom stereocenters. The number of rotatable bonds is 6.